The van der Waals surface area contributed by atoms with E-state index in [2.05, 4.69) is 19.8 Å². The predicted octanol–water partition coefficient (Wildman–Crippen LogP) is 3.79. The lowest BCUT2D eigenvalue weighted by Gasteiger charge is -2.36. The lowest BCUT2D eigenvalue weighted by atomic mass is 10.1. The van der Waals surface area contributed by atoms with Gasteiger partial charge in [0.05, 0.1) is 5.69 Å². The molecule has 2 heterocycles. The molecule has 0 aliphatic carbocycles. The van der Waals surface area contributed by atoms with Crippen molar-refractivity contribution < 1.29 is 4.39 Å². The van der Waals surface area contributed by atoms with Crippen molar-refractivity contribution in [2.24, 2.45) is 0 Å². The largest absolute Gasteiger partial charge is 0.368 e. The fraction of sp³-hybridized carbons (Fsp3) is 0.273. The second kappa shape index (κ2) is 8.25. The summed E-state index contributed by atoms with van der Waals surface area (Å²) in [7, 11) is 0. The molecule has 0 radical (unpaired) electrons. The maximum atomic E-state index is 13.1. The zero-order valence-electron chi connectivity index (χ0n) is 16.2. The minimum Gasteiger partial charge on any atom is -0.368 e. The molecule has 7 heteroatoms. The zero-order chi connectivity index (χ0) is 20.4. The number of hydrogen-bond donors (Lipinski definition) is 1. The van der Waals surface area contributed by atoms with Crippen molar-refractivity contribution >= 4 is 23.2 Å². The van der Waals surface area contributed by atoms with Gasteiger partial charge in [0, 0.05) is 48.9 Å². The Morgan fingerprint density at radius 1 is 1.00 bits per heavy atom. The summed E-state index contributed by atoms with van der Waals surface area (Å²) in [5.41, 5.74) is 3.32. The highest BCUT2D eigenvalue weighted by Crippen LogP contribution is 2.19. The van der Waals surface area contributed by atoms with Gasteiger partial charge in [-0.1, -0.05) is 23.7 Å². The van der Waals surface area contributed by atoms with Crippen LogP contribution in [0.3, 0.4) is 0 Å². The van der Waals surface area contributed by atoms with Gasteiger partial charge in [-0.2, -0.15) is 0 Å². The molecule has 0 spiro atoms. The molecule has 2 aromatic carbocycles. The fourth-order valence-corrected chi connectivity index (χ4v) is 3.71. The van der Waals surface area contributed by atoms with Gasteiger partial charge in [-0.3, -0.25) is 9.78 Å². The van der Waals surface area contributed by atoms with E-state index < -0.39 is 0 Å². The minimum absolute atomic E-state index is 0.108. The van der Waals surface area contributed by atoms with Gasteiger partial charge >= 0.3 is 0 Å². The second-order valence-electron chi connectivity index (χ2n) is 7.21. The number of hydrogen-bond acceptors (Lipinski definition) is 4. The Kier molecular flexibility index (Phi) is 5.53. The molecule has 1 fully saturated rings. The van der Waals surface area contributed by atoms with Crippen molar-refractivity contribution in [2.75, 3.05) is 36.0 Å². The van der Waals surface area contributed by atoms with Crippen LogP contribution in [0.1, 0.15) is 16.8 Å². The average Bonchev–Trinajstić information content (AvgIpc) is 2.73. The third-order valence-electron chi connectivity index (χ3n) is 5.27. The standard InChI is InChI=1S/C22H22ClFN4O/c1-15-20(14-16-2-4-17(23)5-3-16)21(29)26-22(25-15)28-12-10-27(11-13-28)19-8-6-18(24)7-9-19/h2-9H,10-14H2,1H3,(H,25,26,29). The molecule has 0 saturated carbocycles. The molecular weight excluding hydrogens is 391 g/mol. The van der Waals surface area contributed by atoms with Gasteiger partial charge in [0.15, 0.2) is 0 Å². The number of aromatic nitrogens is 2. The molecule has 4 rings (SSSR count). The van der Waals surface area contributed by atoms with E-state index in [1.54, 1.807) is 12.1 Å². The van der Waals surface area contributed by atoms with E-state index in [-0.39, 0.29) is 11.4 Å². The first kappa shape index (κ1) is 19.5. The molecule has 0 amide bonds. The molecule has 29 heavy (non-hydrogen) atoms. The Bertz CT molecular complexity index is 1040. The predicted molar refractivity (Wildman–Crippen MR) is 115 cm³/mol. The lowest BCUT2D eigenvalue weighted by molar-refractivity contribution is 0.622. The van der Waals surface area contributed by atoms with Gasteiger partial charge in [-0.25, -0.2) is 9.37 Å². The number of nitrogens with zero attached hydrogens (tertiary/aromatic N) is 3. The first-order valence-electron chi connectivity index (χ1n) is 9.59. The van der Waals surface area contributed by atoms with Gasteiger partial charge in [0.25, 0.3) is 5.56 Å². The van der Waals surface area contributed by atoms with Crippen LogP contribution >= 0.6 is 11.6 Å². The van der Waals surface area contributed by atoms with Gasteiger partial charge in [-0.05, 0) is 48.9 Å². The molecule has 1 aromatic heterocycles. The first-order chi connectivity index (χ1) is 14.0. The quantitative estimate of drug-likeness (QED) is 0.708. The Morgan fingerprint density at radius 3 is 2.24 bits per heavy atom. The van der Waals surface area contributed by atoms with Crippen LogP contribution in [-0.2, 0) is 6.42 Å². The number of anilines is 2. The van der Waals surface area contributed by atoms with Crippen molar-refractivity contribution in [3.8, 4) is 0 Å². The lowest BCUT2D eigenvalue weighted by Crippen LogP contribution is -2.47. The van der Waals surface area contributed by atoms with E-state index in [0.29, 0.717) is 23.0 Å². The van der Waals surface area contributed by atoms with Crippen LogP contribution in [0.4, 0.5) is 16.0 Å². The molecule has 0 atom stereocenters. The number of rotatable bonds is 4. The molecule has 150 valence electrons. The summed E-state index contributed by atoms with van der Waals surface area (Å²) < 4.78 is 13.1. The number of aromatic amines is 1. The topological polar surface area (TPSA) is 52.2 Å². The van der Waals surface area contributed by atoms with E-state index in [9.17, 15) is 9.18 Å². The maximum Gasteiger partial charge on any atom is 0.256 e. The SMILES string of the molecule is Cc1nc(N2CCN(c3ccc(F)cc3)CC2)[nH]c(=O)c1Cc1ccc(Cl)cc1. The number of H-pyrrole nitrogens is 1. The summed E-state index contributed by atoms with van der Waals surface area (Å²) >= 11 is 5.93. The van der Waals surface area contributed by atoms with Gasteiger partial charge < -0.3 is 9.80 Å². The van der Waals surface area contributed by atoms with E-state index in [1.807, 2.05) is 31.2 Å². The van der Waals surface area contributed by atoms with Crippen LogP contribution in [-0.4, -0.2) is 36.1 Å². The summed E-state index contributed by atoms with van der Waals surface area (Å²) in [5, 5.41) is 0.674. The number of aryl methyl sites for hydroxylation is 1. The van der Waals surface area contributed by atoms with Gasteiger partial charge in [0.1, 0.15) is 5.82 Å². The van der Waals surface area contributed by atoms with Crippen molar-refractivity contribution in [3.05, 3.63) is 86.5 Å². The third kappa shape index (κ3) is 4.43. The van der Waals surface area contributed by atoms with Crippen molar-refractivity contribution in [1.29, 1.82) is 0 Å². The molecule has 0 bridgehead atoms. The van der Waals surface area contributed by atoms with E-state index >= 15 is 0 Å². The Morgan fingerprint density at radius 2 is 1.62 bits per heavy atom. The Hall–Kier alpha value is -2.86. The van der Waals surface area contributed by atoms with E-state index in [4.69, 9.17) is 11.6 Å². The molecule has 1 saturated heterocycles. The van der Waals surface area contributed by atoms with Crippen LogP contribution in [0.2, 0.25) is 5.02 Å². The summed E-state index contributed by atoms with van der Waals surface area (Å²) in [6.07, 6.45) is 0.518. The van der Waals surface area contributed by atoms with Crippen LogP contribution in [0.25, 0.3) is 0 Å². The van der Waals surface area contributed by atoms with Crippen molar-refractivity contribution in [2.45, 2.75) is 13.3 Å². The Labute approximate surface area is 173 Å². The monoisotopic (exact) mass is 412 g/mol. The zero-order valence-corrected chi connectivity index (χ0v) is 16.9. The summed E-state index contributed by atoms with van der Waals surface area (Å²) in [6.45, 7) is 4.90. The number of piperazine rings is 1. The molecule has 5 nitrogen and oxygen atoms in total. The van der Waals surface area contributed by atoms with Crippen molar-refractivity contribution in [1.82, 2.24) is 9.97 Å². The minimum atomic E-state index is -0.233. The van der Waals surface area contributed by atoms with E-state index in [1.165, 1.54) is 12.1 Å². The second-order valence-corrected chi connectivity index (χ2v) is 7.64. The molecular formula is C22H22ClFN4O. The van der Waals surface area contributed by atoms with Crippen LogP contribution in [0.5, 0.6) is 0 Å². The maximum absolute atomic E-state index is 13.1. The van der Waals surface area contributed by atoms with Crippen LogP contribution < -0.4 is 15.4 Å². The smallest absolute Gasteiger partial charge is 0.256 e. The highest BCUT2D eigenvalue weighted by atomic mass is 35.5. The number of halogens is 2. The first-order valence-corrected chi connectivity index (χ1v) is 9.97. The highest BCUT2D eigenvalue weighted by molar-refractivity contribution is 6.30. The highest BCUT2D eigenvalue weighted by Gasteiger charge is 2.20. The summed E-state index contributed by atoms with van der Waals surface area (Å²) in [5.74, 6) is 0.370. The summed E-state index contributed by atoms with van der Waals surface area (Å²) in [4.78, 5) is 24.6. The van der Waals surface area contributed by atoms with E-state index in [0.717, 1.165) is 43.1 Å². The molecule has 3 aromatic rings. The number of nitrogens with one attached hydrogen (secondary N) is 1. The molecule has 1 aliphatic heterocycles. The van der Waals surface area contributed by atoms with Crippen LogP contribution in [0.15, 0.2) is 53.3 Å². The van der Waals surface area contributed by atoms with Crippen LogP contribution in [0, 0.1) is 12.7 Å². The molecule has 1 N–H and O–H groups in total. The summed E-state index contributed by atoms with van der Waals surface area (Å²) in [6, 6.07) is 14.0. The average molecular weight is 413 g/mol. The van der Waals surface area contributed by atoms with Crippen molar-refractivity contribution in [3.63, 3.8) is 0 Å². The third-order valence-corrected chi connectivity index (χ3v) is 5.53. The van der Waals surface area contributed by atoms with Gasteiger partial charge in [0.2, 0.25) is 5.95 Å². The molecule has 0 unspecified atom stereocenters. The normalized spacial score (nSPS) is 14.3. The Balaban J connectivity index is 1.46. The fourth-order valence-electron chi connectivity index (χ4n) is 3.59. The molecule has 1 aliphatic rings. The number of benzene rings is 2. The van der Waals surface area contributed by atoms with Gasteiger partial charge in [-0.15, -0.1) is 0 Å².